The number of nitrogens with two attached hydrogens (primary N) is 1. The highest BCUT2D eigenvalue weighted by Gasteiger charge is 2.15. The maximum absolute atomic E-state index is 12.1. The molecule has 1 amide bonds. The third-order valence-electron chi connectivity index (χ3n) is 3.09. The number of aromatic nitrogens is 4. The quantitative estimate of drug-likeness (QED) is 0.509. The summed E-state index contributed by atoms with van der Waals surface area (Å²) in [4.78, 5) is 16.3. The van der Waals surface area contributed by atoms with Crippen molar-refractivity contribution in [2.75, 3.05) is 16.9 Å². The summed E-state index contributed by atoms with van der Waals surface area (Å²) in [5.41, 5.74) is 1.04. The van der Waals surface area contributed by atoms with Crippen LogP contribution in [0.1, 0.15) is 0 Å². The van der Waals surface area contributed by atoms with Crippen molar-refractivity contribution in [3.63, 3.8) is 0 Å². The molecule has 0 unspecified atom stereocenters. The van der Waals surface area contributed by atoms with E-state index in [2.05, 4.69) is 20.5 Å². The minimum Gasteiger partial charge on any atom is -0.335 e. The van der Waals surface area contributed by atoms with Gasteiger partial charge in [0, 0.05) is 11.2 Å². The molecule has 10 heteroatoms. The molecule has 2 aromatic heterocycles. The lowest BCUT2D eigenvalue weighted by atomic mass is 10.3. The van der Waals surface area contributed by atoms with Crippen molar-refractivity contribution in [1.82, 2.24) is 19.9 Å². The molecule has 0 radical (unpaired) electrons. The Hall–Kier alpha value is -2.29. The molecule has 3 N–H and O–H groups in total. The van der Waals surface area contributed by atoms with Crippen LogP contribution in [-0.2, 0) is 4.79 Å². The van der Waals surface area contributed by atoms with Crippen molar-refractivity contribution in [2.24, 2.45) is 0 Å². The summed E-state index contributed by atoms with van der Waals surface area (Å²) in [7, 11) is 0. The molecular formula is C15H12Cl2N6OS. The summed E-state index contributed by atoms with van der Waals surface area (Å²) in [5, 5.41) is 12.0. The lowest BCUT2D eigenvalue weighted by Crippen LogP contribution is -2.16. The van der Waals surface area contributed by atoms with Gasteiger partial charge in [0.05, 0.1) is 16.5 Å². The van der Waals surface area contributed by atoms with Gasteiger partial charge in [-0.15, -0.1) is 10.2 Å². The Morgan fingerprint density at radius 1 is 1.24 bits per heavy atom. The zero-order valence-electron chi connectivity index (χ0n) is 12.7. The summed E-state index contributed by atoms with van der Waals surface area (Å²) in [5.74, 6) is 6.21. The monoisotopic (exact) mass is 394 g/mol. The molecule has 0 saturated carbocycles. The SMILES string of the molecule is Nn1c(SCC(=O)Nc2cc(Cl)ccc2Cl)nnc1-c1ccccn1. The number of pyridine rings is 1. The number of hydrogen-bond donors (Lipinski definition) is 2. The number of nitrogen functional groups attached to an aromatic ring is 1. The lowest BCUT2D eigenvalue weighted by Gasteiger charge is -2.07. The van der Waals surface area contributed by atoms with E-state index in [1.54, 1.807) is 36.5 Å². The first-order valence-electron chi connectivity index (χ1n) is 7.04. The van der Waals surface area contributed by atoms with E-state index in [0.717, 1.165) is 11.8 Å². The van der Waals surface area contributed by atoms with Gasteiger partial charge in [0.25, 0.3) is 0 Å². The standard InChI is InChI=1S/C15H12Cl2N6OS/c16-9-4-5-10(17)12(7-9)20-13(24)8-25-15-22-21-14(23(15)18)11-3-1-2-6-19-11/h1-7H,8,18H2,(H,20,24). The Labute approximate surface area is 157 Å². The van der Waals surface area contributed by atoms with Crippen LogP contribution in [0.15, 0.2) is 47.8 Å². The predicted octanol–water partition coefficient (Wildman–Crippen LogP) is 3.09. The molecule has 25 heavy (non-hydrogen) atoms. The molecule has 128 valence electrons. The largest absolute Gasteiger partial charge is 0.335 e. The summed E-state index contributed by atoms with van der Waals surface area (Å²) < 4.78 is 1.30. The Bertz CT molecular complexity index is 902. The third kappa shape index (κ3) is 4.22. The zero-order chi connectivity index (χ0) is 17.8. The summed E-state index contributed by atoms with van der Waals surface area (Å²) in [6.07, 6.45) is 1.64. The van der Waals surface area contributed by atoms with Crippen molar-refractivity contribution in [3.8, 4) is 11.5 Å². The topological polar surface area (TPSA) is 98.7 Å². The number of halogens is 2. The van der Waals surface area contributed by atoms with Crippen LogP contribution in [-0.4, -0.2) is 31.5 Å². The van der Waals surface area contributed by atoms with E-state index in [1.807, 2.05) is 6.07 Å². The summed E-state index contributed by atoms with van der Waals surface area (Å²) >= 11 is 13.1. The number of carbonyl (C=O) groups excluding carboxylic acids is 1. The first-order chi connectivity index (χ1) is 12.0. The molecule has 1 aromatic carbocycles. The lowest BCUT2D eigenvalue weighted by molar-refractivity contribution is -0.113. The van der Waals surface area contributed by atoms with E-state index < -0.39 is 0 Å². The van der Waals surface area contributed by atoms with Crippen LogP contribution in [0, 0.1) is 0 Å². The second-order valence-electron chi connectivity index (χ2n) is 4.85. The van der Waals surface area contributed by atoms with Crippen LogP contribution in [0.4, 0.5) is 5.69 Å². The number of nitrogens with zero attached hydrogens (tertiary/aromatic N) is 4. The smallest absolute Gasteiger partial charge is 0.234 e. The normalized spacial score (nSPS) is 10.6. The van der Waals surface area contributed by atoms with Gasteiger partial charge in [0.1, 0.15) is 5.69 Å². The Morgan fingerprint density at radius 2 is 2.08 bits per heavy atom. The molecule has 0 aliphatic rings. The second-order valence-corrected chi connectivity index (χ2v) is 6.64. The number of hydrogen-bond acceptors (Lipinski definition) is 6. The van der Waals surface area contributed by atoms with Crippen LogP contribution in [0.3, 0.4) is 0 Å². The number of rotatable bonds is 5. The van der Waals surface area contributed by atoms with E-state index >= 15 is 0 Å². The maximum atomic E-state index is 12.1. The van der Waals surface area contributed by atoms with Crippen molar-refractivity contribution in [2.45, 2.75) is 5.16 Å². The van der Waals surface area contributed by atoms with E-state index in [0.29, 0.717) is 32.4 Å². The van der Waals surface area contributed by atoms with Gasteiger partial charge in [-0.05, 0) is 30.3 Å². The van der Waals surface area contributed by atoms with Crippen molar-refractivity contribution in [3.05, 3.63) is 52.6 Å². The van der Waals surface area contributed by atoms with Crippen molar-refractivity contribution < 1.29 is 4.79 Å². The van der Waals surface area contributed by atoms with Crippen LogP contribution >= 0.6 is 35.0 Å². The Morgan fingerprint density at radius 3 is 2.84 bits per heavy atom. The number of anilines is 1. The van der Waals surface area contributed by atoms with Gasteiger partial charge < -0.3 is 11.2 Å². The van der Waals surface area contributed by atoms with Crippen LogP contribution in [0.5, 0.6) is 0 Å². The Balaban J connectivity index is 1.65. The molecule has 0 aliphatic heterocycles. The fourth-order valence-electron chi connectivity index (χ4n) is 1.95. The Kier molecular flexibility index (Phi) is 5.42. The first kappa shape index (κ1) is 17.5. The number of benzene rings is 1. The molecule has 0 atom stereocenters. The highest BCUT2D eigenvalue weighted by Crippen LogP contribution is 2.26. The fraction of sp³-hybridized carbons (Fsp3) is 0.0667. The van der Waals surface area contributed by atoms with E-state index in [-0.39, 0.29) is 11.7 Å². The molecular weight excluding hydrogens is 383 g/mol. The number of nitrogens with one attached hydrogen (secondary N) is 1. The van der Waals surface area contributed by atoms with Gasteiger partial charge >= 0.3 is 0 Å². The highest BCUT2D eigenvalue weighted by atomic mass is 35.5. The van der Waals surface area contributed by atoms with Crippen LogP contribution < -0.4 is 11.2 Å². The highest BCUT2D eigenvalue weighted by molar-refractivity contribution is 7.99. The average Bonchev–Trinajstić information content (AvgIpc) is 2.98. The summed E-state index contributed by atoms with van der Waals surface area (Å²) in [6, 6.07) is 10.2. The average molecular weight is 395 g/mol. The molecule has 0 bridgehead atoms. The molecule has 2 heterocycles. The number of amides is 1. The van der Waals surface area contributed by atoms with Gasteiger partial charge in [-0.2, -0.15) is 0 Å². The van der Waals surface area contributed by atoms with Crippen LogP contribution in [0.2, 0.25) is 10.0 Å². The molecule has 3 aromatic rings. The molecule has 0 saturated heterocycles. The zero-order valence-corrected chi connectivity index (χ0v) is 15.0. The van der Waals surface area contributed by atoms with Crippen molar-refractivity contribution in [1.29, 1.82) is 0 Å². The van der Waals surface area contributed by atoms with E-state index in [4.69, 9.17) is 29.0 Å². The maximum Gasteiger partial charge on any atom is 0.234 e. The molecule has 0 spiro atoms. The molecule has 0 aliphatic carbocycles. The van der Waals surface area contributed by atoms with Gasteiger partial charge in [-0.25, -0.2) is 4.68 Å². The number of carbonyl (C=O) groups is 1. The fourth-order valence-corrected chi connectivity index (χ4v) is 2.95. The van der Waals surface area contributed by atoms with E-state index in [1.165, 1.54) is 4.68 Å². The third-order valence-corrected chi connectivity index (χ3v) is 4.60. The van der Waals surface area contributed by atoms with Crippen LogP contribution in [0.25, 0.3) is 11.5 Å². The molecule has 0 fully saturated rings. The minimum absolute atomic E-state index is 0.0837. The summed E-state index contributed by atoms with van der Waals surface area (Å²) in [6.45, 7) is 0. The first-order valence-corrected chi connectivity index (χ1v) is 8.78. The number of thioether (sulfide) groups is 1. The second kappa shape index (κ2) is 7.73. The minimum atomic E-state index is -0.267. The van der Waals surface area contributed by atoms with Gasteiger partial charge in [-0.3, -0.25) is 9.78 Å². The molecule has 7 nitrogen and oxygen atoms in total. The van der Waals surface area contributed by atoms with Gasteiger partial charge in [0.15, 0.2) is 0 Å². The van der Waals surface area contributed by atoms with Gasteiger partial charge in [-0.1, -0.05) is 41.0 Å². The molecule has 3 rings (SSSR count). The van der Waals surface area contributed by atoms with Gasteiger partial charge in [0.2, 0.25) is 16.9 Å². The predicted molar refractivity (Wildman–Crippen MR) is 99.2 cm³/mol. The van der Waals surface area contributed by atoms with Crippen molar-refractivity contribution >= 4 is 46.6 Å². The van der Waals surface area contributed by atoms with E-state index in [9.17, 15) is 4.79 Å².